The van der Waals surface area contributed by atoms with Gasteiger partial charge in [-0.3, -0.25) is 4.79 Å². The van der Waals surface area contributed by atoms with Gasteiger partial charge in [0.1, 0.15) is 5.78 Å². The highest BCUT2D eigenvalue weighted by Crippen LogP contribution is 2.58. The Morgan fingerprint density at radius 3 is 2.87 bits per heavy atom. The fraction of sp³-hybridized carbons (Fsp3) is 0.409. The van der Waals surface area contributed by atoms with Crippen molar-refractivity contribution in [3.05, 3.63) is 59.2 Å². The molecule has 1 saturated carbocycles. The van der Waals surface area contributed by atoms with Crippen molar-refractivity contribution in [3.8, 4) is 0 Å². The normalized spacial score (nSPS) is 31.3. The van der Waals surface area contributed by atoms with Crippen LogP contribution in [0.1, 0.15) is 42.9 Å². The molecule has 2 aromatic rings. The molecule has 1 nitrogen and oxygen atoms in total. The summed E-state index contributed by atoms with van der Waals surface area (Å²) in [7, 11) is 0. The minimum Gasteiger partial charge on any atom is -0.299 e. The van der Waals surface area contributed by atoms with E-state index < -0.39 is 0 Å². The van der Waals surface area contributed by atoms with E-state index in [1.807, 2.05) is 0 Å². The molecule has 0 amide bonds. The minimum atomic E-state index is 0.0977. The summed E-state index contributed by atoms with van der Waals surface area (Å²) in [4.78, 5) is 12.5. The minimum absolute atomic E-state index is 0.0977. The van der Waals surface area contributed by atoms with Crippen LogP contribution >= 0.6 is 0 Å². The predicted octanol–water partition coefficient (Wildman–Crippen LogP) is 4.75. The van der Waals surface area contributed by atoms with Crippen molar-refractivity contribution >= 4 is 16.6 Å². The smallest absolute Gasteiger partial charge is 0.138 e. The predicted molar refractivity (Wildman–Crippen MR) is 93.7 cm³/mol. The quantitative estimate of drug-likeness (QED) is 0.695. The maximum Gasteiger partial charge on any atom is 0.138 e. The van der Waals surface area contributed by atoms with Crippen LogP contribution < -0.4 is 0 Å². The van der Waals surface area contributed by atoms with Gasteiger partial charge in [-0.2, -0.15) is 0 Å². The zero-order valence-corrected chi connectivity index (χ0v) is 13.6. The summed E-state index contributed by atoms with van der Waals surface area (Å²) >= 11 is 0. The molecule has 1 spiro atoms. The third-order valence-electron chi connectivity index (χ3n) is 6.52. The van der Waals surface area contributed by atoms with E-state index >= 15 is 0 Å². The highest BCUT2D eigenvalue weighted by atomic mass is 16.1. The molecule has 0 radical (unpaired) electrons. The highest BCUT2D eigenvalue weighted by molar-refractivity contribution is 5.92. The van der Waals surface area contributed by atoms with Crippen molar-refractivity contribution in [2.75, 3.05) is 0 Å². The molecule has 5 rings (SSSR count). The lowest BCUT2D eigenvalue weighted by Crippen LogP contribution is -2.38. The fourth-order valence-corrected chi connectivity index (χ4v) is 5.54. The zero-order chi connectivity index (χ0) is 15.6. The van der Waals surface area contributed by atoms with Gasteiger partial charge in [0, 0.05) is 18.3 Å². The second-order valence-electron chi connectivity index (χ2n) is 7.74. The van der Waals surface area contributed by atoms with E-state index in [4.69, 9.17) is 0 Å². The van der Waals surface area contributed by atoms with E-state index in [9.17, 15) is 4.79 Å². The number of carbonyl (C=O) groups is 1. The number of benzene rings is 2. The molecule has 0 aliphatic heterocycles. The van der Waals surface area contributed by atoms with Gasteiger partial charge in [0.2, 0.25) is 0 Å². The van der Waals surface area contributed by atoms with E-state index in [0.29, 0.717) is 24.0 Å². The molecule has 3 atom stereocenters. The lowest BCUT2D eigenvalue weighted by molar-refractivity contribution is -0.120. The van der Waals surface area contributed by atoms with Crippen LogP contribution in [0.25, 0.3) is 10.8 Å². The molecule has 3 aliphatic rings. The number of aryl methyl sites for hydroxylation is 1. The average molecular weight is 302 g/mol. The van der Waals surface area contributed by atoms with E-state index in [0.717, 1.165) is 12.8 Å². The number of rotatable bonds is 1. The Kier molecular flexibility index (Phi) is 2.69. The van der Waals surface area contributed by atoms with E-state index in [1.165, 1.54) is 40.3 Å². The van der Waals surface area contributed by atoms with Gasteiger partial charge >= 0.3 is 0 Å². The first kappa shape index (κ1) is 13.5. The van der Waals surface area contributed by atoms with Crippen molar-refractivity contribution in [1.82, 2.24) is 0 Å². The molecule has 1 fully saturated rings. The third-order valence-corrected chi connectivity index (χ3v) is 6.52. The van der Waals surface area contributed by atoms with Crippen LogP contribution in [-0.2, 0) is 23.1 Å². The largest absolute Gasteiger partial charge is 0.299 e. The monoisotopic (exact) mass is 302 g/mol. The Hall–Kier alpha value is -1.89. The summed E-state index contributed by atoms with van der Waals surface area (Å²) in [5.74, 6) is 1.70. The third kappa shape index (κ3) is 1.77. The summed E-state index contributed by atoms with van der Waals surface area (Å²) < 4.78 is 0. The Morgan fingerprint density at radius 2 is 2.13 bits per heavy atom. The van der Waals surface area contributed by atoms with Gasteiger partial charge in [-0.1, -0.05) is 49.4 Å². The van der Waals surface area contributed by atoms with Crippen molar-refractivity contribution in [3.63, 3.8) is 0 Å². The summed E-state index contributed by atoms with van der Waals surface area (Å²) in [6, 6.07) is 11.4. The van der Waals surface area contributed by atoms with Gasteiger partial charge in [-0.15, -0.1) is 0 Å². The number of fused-ring (bicyclic) bond motifs is 6. The first-order chi connectivity index (χ1) is 11.2. The summed E-state index contributed by atoms with van der Waals surface area (Å²) in [6.45, 7) is 2.21. The van der Waals surface area contributed by atoms with Crippen LogP contribution in [0, 0.1) is 11.8 Å². The van der Waals surface area contributed by atoms with Crippen LogP contribution in [0.4, 0.5) is 0 Å². The van der Waals surface area contributed by atoms with Crippen LogP contribution in [0.15, 0.2) is 42.5 Å². The van der Waals surface area contributed by atoms with Gasteiger partial charge < -0.3 is 0 Å². The molecular weight excluding hydrogens is 280 g/mol. The Morgan fingerprint density at radius 1 is 1.22 bits per heavy atom. The standard InChI is InChI=1S/C22H22O/c1-2-15-4-3-5-16-11-21-17(10-20(15)16)9-19(23)13-22(21)12-14-6-7-18(22)8-14/h3-7,10-11,14,18H,2,8-9,12-13H2,1H3. The molecule has 0 N–H and O–H groups in total. The molecule has 0 heterocycles. The molecule has 1 heteroatoms. The Balaban J connectivity index is 1.78. The molecular formula is C22H22O. The van der Waals surface area contributed by atoms with E-state index in [-0.39, 0.29) is 5.41 Å². The number of hydrogen-bond acceptors (Lipinski definition) is 1. The van der Waals surface area contributed by atoms with E-state index in [2.05, 4.69) is 49.4 Å². The van der Waals surface area contributed by atoms with Gasteiger partial charge in [0.25, 0.3) is 0 Å². The Bertz CT molecular complexity index is 860. The second-order valence-corrected chi connectivity index (χ2v) is 7.74. The molecule has 0 saturated heterocycles. The van der Waals surface area contributed by atoms with Gasteiger partial charge in [0.05, 0.1) is 0 Å². The highest BCUT2D eigenvalue weighted by Gasteiger charge is 2.52. The number of carbonyl (C=O) groups excluding carboxylic acids is 1. The zero-order valence-electron chi connectivity index (χ0n) is 13.6. The molecule has 2 bridgehead atoms. The molecule has 2 aromatic carbocycles. The molecule has 23 heavy (non-hydrogen) atoms. The van der Waals surface area contributed by atoms with Gasteiger partial charge in [-0.05, 0) is 58.6 Å². The molecule has 116 valence electrons. The van der Waals surface area contributed by atoms with Crippen molar-refractivity contribution in [1.29, 1.82) is 0 Å². The first-order valence-electron chi connectivity index (χ1n) is 8.94. The topological polar surface area (TPSA) is 17.1 Å². The molecule has 3 unspecified atom stereocenters. The second kappa shape index (κ2) is 4.56. The van der Waals surface area contributed by atoms with Crippen molar-refractivity contribution < 1.29 is 4.79 Å². The summed E-state index contributed by atoms with van der Waals surface area (Å²) in [5, 5.41) is 2.70. The maximum atomic E-state index is 12.5. The van der Waals surface area contributed by atoms with E-state index in [1.54, 1.807) is 0 Å². The number of Topliss-reactive ketones (excluding diaryl/α,β-unsaturated/α-hetero) is 1. The number of ketones is 1. The fourth-order valence-electron chi connectivity index (χ4n) is 5.54. The Labute approximate surface area is 137 Å². The van der Waals surface area contributed by atoms with Gasteiger partial charge in [0.15, 0.2) is 0 Å². The SMILES string of the molecule is CCc1cccc2cc3c(cc12)CC(=O)CC31CC2C=CC1C2. The van der Waals surface area contributed by atoms with Crippen molar-refractivity contribution in [2.24, 2.45) is 11.8 Å². The first-order valence-corrected chi connectivity index (χ1v) is 8.94. The molecule has 3 aliphatic carbocycles. The van der Waals surface area contributed by atoms with Crippen LogP contribution in [0.2, 0.25) is 0 Å². The maximum absolute atomic E-state index is 12.5. The van der Waals surface area contributed by atoms with Crippen LogP contribution in [-0.4, -0.2) is 5.78 Å². The molecule has 0 aromatic heterocycles. The number of hydrogen-bond donors (Lipinski definition) is 0. The lowest BCUT2D eigenvalue weighted by atomic mass is 9.62. The lowest BCUT2D eigenvalue weighted by Gasteiger charge is -2.40. The van der Waals surface area contributed by atoms with Crippen LogP contribution in [0.5, 0.6) is 0 Å². The van der Waals surface area contributed by atoms with Gasteiger partial charge in [-0.25, -0.2) is 0 Å². The van der Waals surface area contributed by atoms with Crippen LogP contribution in [0.3, 0.4) is 0 Å². The summed E-state index contributed by atoms with van der Waals surface area (Å²) in [6.07, 6.45) is 9.62. The number of allylic oxidation sites excluding steroid dienone is 2. The average Bonchev–Trinajstić information content (AvgIpc) is 3.14. The summed E-state index contributed by atoms with van der Waals surface area (Å²) in [5.41, 5.74) is 4.27. The van der Waals surface area contributed by atoms with Crippen molar-refractivity contribution in [2.45, 2.75) is 44.4 Å².